The Kier molecular flexibility index (Phi) is 5.66. The first-order valence-corrected chi connectivity index (χ1v) is 8.71. The van der Waals surface area contributed by atoms with Gasteiger partial charge in [0.1, 0.15) is 24.7 Å². The van der Waals surface area contributed by atoms with Gasteiger partial charge in [-0.15, -0.1) is 0 Å². The third-order valence-electron chi connectivity index (χ3n) is 4.66. The number of aliphatic hydroxyl groups is 1. The molecule has 2 saturated heterocycles. The number of rotatable bonds is 6. The Hall–Kier alpha value is -2.92. The van der Waals surface area contributed by atoms with E-state index < -0.39 is 42.6 Å². The molecule has 2 unspecified atom stereocenters. The summed E-state index contributed by atoms with van der Waals surface area (Å²) >= 11 is 0. The monoisotopic (exact) mass is 396 g/mol. The molecule has 2 fully saturated rings. The largest absolute Gasteiger partial charge is 0.442 e. The fraction of sp³-hybridized carbons (Fsp3) is 0.471. The average Bonchev–Trinajstić information content (AvgIpc) is 3.00. The number of nitrogens with one attached hydrogen (secondary N) is 1. The van der Waals surface area contributed by atoms with Crippen LogP contribution in [0.5, 0.6) is 0 Å². The van der Waals surface area contributed by atoms with Gasteiger partial charge in [-0.25, -0.2) is 14.2 Å². The first kappa shape index (κ1) is 19.8. The van der Waals surface area contributed by atoms with Gasteiger partial charge >= 0.3 is 6.09 Å². The number of halogens is 1. The molecule has 0 saturated carbocycles. The molecule has 0 aromatic heterocycles. The number of hydrogen-bond acceptors (Lipinski definition) is 7. The predicted molar refractivity (Wildman–Crippen MR) is 94.2 cm³/mol. The van der Waals surface area contributed by atoms with Crippen molar-refractivity contribution in [2.75, 3.05) is 36.0 Å². The van der Waals surface area contributed by atoms with Gasteiger partial charge in [0.25, 0.3) is 0 Å². The summed E-state index contributed by atoms with van der Waals surface area (Å²) in [5.74, 6) is -1.70. The number of hydrogen-bond donors (Lipinski definition) is 3. The molecular weight excluding hydrogens is 375 g/mol. The Bertz CT molecular complexity index is 791. The van der Waals surface area contributed by atoms with Crippen molar-refractivity contribution in [3.05, 3.63) is 24.0 Å². The van der Waals surface area contributed by atoms with Crippen LogP contribution < -0.4 is 15.1 Å². The molecule has 28 heavy (non-hydrogen) atoms. The van der Waals surface area contributed by atoms with Crippen LogP contribution in [0.1, 0.15) is 13.3 Å². The molecule has 2 aliphatic rings. The maximum Gasteiger partial charge on any atom is 0.414 e. The lowest BCUT2D eigenvalue weighted by Gasteiger charge is -2.43. The fourth-order valence-electron chi connectivity index (χ4n) is 3.10. The molecule has 0 aliphatic carbocycles. The molecule has 0 radical (unpaired) electrons. The van der Waals surface area contributed by atoms with Crippen molar-refractivity contribution in [1.29, 1.82) is 0 Å². The molecule has 2 atom stereocenters. The second-order valence-corrected chi connectivity index (χ2v) is 6.58. The van der Waals surface area contributed by atoms with Crippen LogP contribution in [0.25, 0.3) is 0 Å². The van der Waals surface area contributed by atoms with E-state index in [0.29, 0.717) is 18.0 Å². The number of ether oxygens (including phenoxy) is 1. The second kappa shape index (κ2) is 7.98. The smallest absolute Gasteiger partial charge is 0.414 e. The SMILES string of the molecule is CC(=O)N(O)CC1CN(c2ccc(N3CCC3NC(=O)CO)c(F)c2)C(=O)O1. The third kappa shape index (κ3) is 3.99. The lowest BCUT2D eigenvalue weighted by molar-refractivity contribution is -0.166. The summed E-state index contributed by atoms with van der Waals surface area (Å²) < 4.78 is 19.7. The highest BCUT2D eigenvalue weighted by Crippen LogP contribution is 2.32. The minimum atomic E-state index is -0.738. The number of carbonyl (C=O) groups excluding carboxylic acids is 3. The molecule has 1 aromatic carbocycles. The van der Waals surface area contributed by atoms with E-state index >= 15 is 0 Å². The highest BCUT2D eigenvalue weighted by molar-refractivity contribution is 5.90. The van der Waals surface area contributed by atoms with Gasteiger partial charge in [0.05, 0.1) is 24.5 Å². The van der Waals surface area contributed by atoms with Crippen LogP contribution in [0.4, 0.5) is 20.6 Å². The Morgan fingerprint density at radius 1 is 1.43 bits per heavy atom. The molecular formula is C17H21FN4O6. The average molecular weight is 396 g/mol. The van der Waals surface area contributed by atoms with Gasteiger partial charge in [-0.3, -0.25) is 19.7 Å². The van der Waals surface area contributed by atoms with Crippen molar-refractivity contribution in [1.82, 2.24) is 10.4 Å². The summed E-state index contributed by atoms with van der Waals surface area (Å²) in [6.07, 6.45) is -1.21. The number of hydroxylamine groups is 2. The van der Waals surface area contributed by atoms with E-state index in [1.54, 1.807) is 11.0 Å². The lowest BCUT2D eigenvalue weighted by atomic mass is 10.1. The number of anilines is 2. The maximum absolute atomic E-state index is 14.6. The van der Waals surface area contributed by atoms with E-state index in [9.17, 15) is 24.0 Å². The number of nitrogens with zero attached hydrogens (tertiary/aromatic N) is 3. The normalized spacial score (nSPS) is 21.2. The van der Waals surface area contributed by atoms with E-state index in [1.807, 2.05) is 0 Å². The van der Waals surface area contributed by atoms with Gasteiger partial charge in [-0.1, -0.05) is 0 Å². The molecule has 10 nitrogen and oxygen atoms in total. The Balaban J connectivity index is 1.68. The van der Waals surface area contributed by atoms with Crippen LogP contribution in [0, 0.1) is 5.82 Å². The number of amides is 3. The predicted octanol–water partition coefficient (Wildman–Crippen LogP) is 0.0333. The molecule has 3 amide bonds. The van der Waals surface area contributed by atoms with Crippen LogP contribution in [0.15, 0.2) is 18.2 Å². The molecule has 0 bridgehead atoms. The fourth-order valence-corrected chi connectivity index (χ4v) is 3.10. The third-order valence-corrected chi connectivity index (χ3v) is 4.66. The van der Waals surface area contributed by atoms with Gasteiger partial charge in [-0.05, 0) is 18.2 Å². The Morgan fingerprint density at radius 2 is 2.18 bits per heavy atom. The summed E-state index contributed by atoms with van der Waals surface area (Å²) in [5.41, 5.74) is 0.540. The van der Waals surface area contributed by atoms with Crippen LogP contribution in [0.3, 0.4) is 0 Å². The van der Waals surface area contributed by atoms with Crippen LogP contribution in [-0.4, -0.2) is 71.8 Å². The molecule has 2 heterocycles. The molecule has 2 aliphatic heterocycles. The Labute approximate surface area is 160 Å². The van der Waals surface area contributed by atoms with Crippen molar-refractivity contribution < 1.29 is 33.8 Å². The summed E-state index contributed by atoms with van der Waals surface area (Å²) in [4.78, 5) is 37.3. The number of benzene rings is 1. The molecule has 1 aromatic rings. The first-order chi connectivity index (χ1) is 13.3. The minimum absolute atomic E-state index is 0.0564. The van der Waals surface area contributed by atoms with E-state index in [4.69, 9.17) is 9.84 Å². The Morgan fingerprint density at radius 3 is 2.75 bits per heavy atom. The van der Waals surface area contributed by atoms with E-state index in [0.717, 1.165) is 0 Å². The van der Waals surface area contributed by atoms with Gasteiger partial charge in [0, 0.05) is 19.9 Å². The van der Waals surface area contributed by atoms with Gasteiger partial charge in [0.2, 0.25) is 11.8 Å². The van der Waals surface area contributed by atoms with E-state index in [1.165, 1.54) is 24.0 Å². The van der Waals surface area contributed by atoms with Gasteiger partial charge in [0.15, 0.2) is 0 Å². The summed E-state index contributed by atoms with van der Waals surface area (Å²) in [6.45, 7) is 0.949. The summed E-state index contributed by atoms with van der Waals surface area (Å²) in [7, 11) is 0. The summed E-state index contributed by atoms with van der Waals surface area (Å²) in [5, 5.41) is 21.3. The minimum Gasteiger partial charge on any atom is -0.442 e. The van der Waals surface area contributed by atoms with E-state index in [2.05, 4.69) is 5.32 Å². The van der Waals surface area contributed by atoms with Crippen LogP contribution in [0.2, 0.25) is 0 Å². The first-order valence-electron chi connectivity index (χ1n) is 8.71. The lowest BCUT2D eigenvalue weighted by Crippen LogP contribution is -2.58. The standard InChI is InChI=1S/C17H21FN4O6/c1-10(24)22(27)8-12-7-21(17(26)28-12)11-2-3-14(13(18)6-11)20-5-4-15(20)19-16(25)9-23/h2-3,6,12,15,23,27H,4-5,7-9H2,1H3,(H,19,25). The van der Waals surface area contributed by atoms with Crippen LogP contribution >= 0.6 is 0 Å². The zero-order chi connectivity index (χ0) is 20.4. The quantitative estimate of drug-likeness (QED) is 0.458. The van der Waals surface area contributed by atoms with Crippen LogP contribution in [-0.2, 0) is 14.3 Å². The maximum atomic E-state index is 14.6. The molecule has 152 valence electrons. The number of carbonyl (C=O) groups is 3. The zero-order valence-electron chi connectivity index (χ0n) is 15.2. The van der Waals surface area contributed by atoms with Crippen molar-refractivity contribution >= 4 is 29.3 Å². The highest BCUT2D eigenvalue weighted by atomic mass is 19.1. The zero-order valence-corrected chi connectivity index (χ0v) is 15.2. The molecule has 11 heteroatoms. The van der Waals surface area contributed by atoms with Crippen molar-refractivity contribution in [2.24, 2.45) is 0 Å². The molecule has 0 spiro atoms. The second-order valence-electron chi connectivity index (χ2n) is 6.58. The summed E-state index contributed by atoms with van der Waals surface area (Å²) in [6, 6.07) is 4.23. The number of cyclic esters (lactones) is 1. The highest BCUT2D eigenvalue weighted by Gasteiger charge is 2.35. The van der Waals surface area contributed by atoms with Gasteiger partial charge in [-0.2, -0.15) is 0 Å². The van der Waals surface area contributed by atoms with Crippen molar-refractivity contribution in [2.45, 2.75) is 25.6 Å². The van der Waals surface area contributed by atoms with Gasteiger partial charge < -0.3 is 20.1 Å². The number of aliphatic hydroxyl groups excluding tert-OH is 1. The molecule has 3 N–H and O–H groups in total. The van der Waals surface area contributed by atoms with Crippen molar-refractivity contribution in [3.8, 4) is 0 Å². The topological polar surface area (TPSA) is 123 Å². The van der Waals surface area contributed by atoms with Crippen molar-refractivity contribution in [3.63, 3.8) is 0 Å². The molecule has 3 rings (SSSR count). The van der Waals surface area contributed by atoms with E-state index in [-0.39, 0.29) is 24.5 Å².